The highest BCUT2D eigenvalue weighted by molar-refractivity contribution is 7.73. The zero-order valence-corrected chi connectivity index (χ0v) is 23.5. The molecule has 0 aliphatic carbocycles. The van der Waals surface area contributed by atoms with Gasteiger partial charge in [0.15, 0.2) is 0 Å². The van der Waals surface area contributed by atoms with Crippen molar-refractivity contribution in [2.75, 3.05) is 6.54 Å². The van der Waals surface area contributed by atoms with Gasteiger partial charge in [-0.2, -0.15) is 0 Å². The molecule has 7 rings (SSSR count). The molecule has 4 unspecified atom stereocenters. The van der Waals surface area contributed by atoms with Crippen LogP contribution < -0.4 is 15.9 Å². The molecule has 3 heterocycles. The minimum absolute atomic E-state index is 0.466. The van der Waals surface area contributed by atoms with Crippen molar-refractivity contribution in [3.63, 3.8) is 0 Å². The van der Waals surface area contributed by atoms with E-state index in [1.807, 2.05) is 0 Å². The lowest BCUT2D eigenvalue weighted by molar-refractivity contribution is 0.522. The Labute approximate surface area is 223 Å². The van der Waals surface area contributed by atoms with Crippen molar-refractivity contribution in [1.29, 1.82) is 0 Å². The van der Waals surface area contributed by atoms with Gasteiger partial charge in [0.1, 0.15) is 0 Å². The van der Waals surface area contributed by atoms with Gasteiger partial charge in [0.2, 0.25) is 0 Å². The van der Waals surface area contributed by atoms with Crippen molar-refractivity contribution in [2.45, 2.75) is 18.1 Å². The largest absolute Gasteiger partial charge is 0.309 e. The van der Waals surface area contributed by atoms with Gasteiger partial charge in [-0.05, 0) is 81.1 Å². The van der Waals surface area contributed by atoms with Crippen LogP contribution in [-0.4, -0.2) is 12.3 Å². The maximum atomic E-state index is 4.05. The van der Waals surface area contributed by atoms with E-state index in [1.54, 1.807) is 10.6 Å². The fraction of sp³-hybridized carbons (Fsp3) is 0.152. The Morgan fingerprint density at radius 3 is 1.62 bits per heavy atom. The SMILES string of the molecule is c1ccc(P(c2ccccc2)C2CC(C(c3cc4ccccc4[pH]3)c3cc4ccccc4[pH]3)CN2)cc1. The van der Waals surface area contributed by atoms with Gasteiger partial charge < -0.3 is 5.32 Å². The molecule has 6 aromatic rings. The third-order valence-electron chi connectivity index (χ3n) is 7.77. The van der Waals surface area contributed by atoms with Crippen LogP contribution in [0.3, 0.4) is 0 Å². The lowest BCUT2D eigenvalue weighted by Gasteiger charge is -2.27. The van der Waals surface area contributed by atoms with E-state index < -0.39 is 7.92 Å². The molecule has 1 aliphatic heterocycles. The van der Waals surface area contributed by atoms with E-state index in [-0.39, 0.29) is 0 Å². The van der Waals surface area contributed by atoms with Crippen LogP contribution in [-0.2, 0) is 0 Å². The molecule has 1 N–H and O–H groups in total. The smallest absolute Gasteiger partial charge is 0.0354 e. The first-order chi connectivity index (χ1) is 18.3. The lowest BCUT2D eigenvalue weighted by atomic mass is 9.88. The fourth-order valence-corrected chi connectivity index (χ4v) is 12.1. The molecule has 4 heteroatoms. The Balaban J connectivity index is 1.28. The lowest BCUT2D eigenvalue weighted by Crippen LogP contribution is -2.28. The predicted molar refractivity (Wildman–Crippen MR) is 168 cm³/mol. The molecular formula is C33H30NP3. The van der Waals surface area contributed by atoms with E-state index in [1.165, 1.54) is 38.0 Å². The topological polar surface area (TPSA) is 12.0 Å². The van der Waals surface area contributed by atoms with Gasteiger partial charge in [0, 0.05) is 11.7 Å². The molecule has 37 heavy (non-hydrogen) atoms. The van der Waals surface area contributed by atoms with Crippen molar-refractivity contribution in [2.24, 2.45) is 5.92 Å². The minimum Gasteiger partial charge on any atom is -0.309 e. The number of fused-ring (bicyclic) bond motifs is 2. The first-order valence-corrected chi connectivity index (χ1v) is 16.5. The first kappa shape index (κ1) is 23.5. The standard InChI is InChI=1S/C33H30NP3/c1-3-13-26(14-4-1)37(27-15-5-2-6-16-27)32-21-25(22-34-32)33(30-19-23-11-7-9-17-28(23)35-30)31-20-24-12-8-10-18-29(24)36-31/h1-20,25,32-36H,21-22H2. The van der Waals surface area contributed by atoms with E-state index in [4.69, 9.17) is 0 Å². The first-order valence-electron chi connectivity index (χ1n) is 13.1. The van der Waals surface area contributed by atoms with Crippen LogP contribution in [0.25, 0.3) is 21.0 Å². The van der Waals surface area contributed by atoms with Gasteiger partial charge in [0.05, 0.1) is 0 Å². The van der Waals surface area contributed by atoms with E-state index >= 15 is 0 Å². The molecule has 2 aromatic heterocycles. The second-order valence-corrected chi connectivity index (χ2v) is 15.2. The van der Waals surface area contributed by atoms with Gasteiger partial charge in [-0.25, -0.2) is 0 Å². The zero-order valence-electron chi connectivity index (χ0n) is 20.6. The summed E-state index contributed by atoms with van der Waals surface area (Å²) in [4.78, 5) is 0. The summed E-state index contributed by atoms with van der Waals surface area (Å²) < 4.78 is 0. The quantitative estimate of drug-likeness (QED) is 0.213. The van der Waals surface area contributed by atoms with Crippen LogP contribution in [0.1, 0.15) is 22.9 Å². The predicted octanol–water partition coefficient (Wildman–Crippen LogP) is 8.26. The van der Waals surface area contributed by atoms with Crippen LogP contribution in [0, 0.1) is 5.92 Å². The molecular weight excluding hydrogens is 503 g/mol. The van der Waals surface area contributed by atoms with E-state index in [9.17, 15) is 0 Å². The van der Waals surface area contributed by atoms with Gasteiger partial charge in [0.25, 0.3) is 0 Å². The Morgan fingerprint density at radius 1 is 0.622 bits per heavy atom. The van der Waals surface area contributed by atoms with Crippen LogP contribution in [0.5, 0.6) is 0 Å². The van der Waals surface area contributed by atoms with E-state index in [2.05, 4.69) is 127 Å². The van der Waals surface area contributed by atoms with Gasteiger partial charge in [-0.1, -0.05) is 109 Å². The summed E-state index contributed by atoms with van der Waals surface area (Å²) in [6.45, 7) is 1.09. The molecule has 1 saturated heterocycles. The molecule has 4 aromatic carbocycles. The molecule has 0 amide bonds. The second-order valence-electron chi connectivity index (χ2n) is 10.1. The molecule has 1 aliphatic rings. The highest BCUT2D eigenvalue weighted by Crippen LogP contribution is 2.52. The van der Waals surface area contributed by atoms with E-state index in [0.29, 0.717) is 17.6 Å². The van der Waals surface area contributed by atoms with Crippen LogP contribution >= 0.6 is 24.3 Å². The summed E-state index contributed by atoms with van der Waals surface area (Å²) in [5.74, 6) is 1.62. The van der Waals surface area contributed by atoms with Crippen molar-refractivity contribution in [1.82, 2.24) is 5.32 Å². The Bertz CT molecular complexity index is 1460. The Morgan fingerprint density at radius 2 is 1.11 bits per heavy atom. The van der Waals surface area contributed by atoms with Gasteiger partial charge in [-0.3, -0.25) is 0 Å². The summed E-state index contributed by atoms with van der Waals surface area (Å²) in [7, 11) is 1.10. The Kier molecular flexibility index (Phi) is 6.50. The fourth-order valence-electron chi connectivity index (χ4n) is 6.08. The number of rotatable bonds is 6. The highest BCUT2D eigenvalue weighted by Gasteiger charge is 2.37. The van der Waals surface area contributed by atoms with Crippen molar-refractivity contribution in [3.8, 4) is 0 Å². The van der Waals surface area contributed by atoms with Gasteiger partial charge in [-0.15, -0.1) is 16.4 Å². The summed E-state index contributed by atoms with van der Waals surface area (Å²) in [5, 5.41) is 16.2. The molecule has 0 bridgehead atoms. The summed E-state index contributed by atoms with van der Waals surface area (Å²) >= 11 is 0. The molecule has 0 radical (unpaired) electrons. The average molecular weight is 534 g/mol. The summed E-state index contributed by atoms with van der Waals surface area (Å²) in [6.07, 6.45) is 1.22. The third kappa shape index (κ3) is 4.61. The van der Waals surface area contributed by atoms with Crippen molar-refractivity contribution in [3.05, 3.63) is 132 Å². The van der Waals surface area contributed by atoms with Crippen LogP contribution in [0.2, 0.25) is 0 Å². The van der Waals surface area contributed by atoms with Crippen LogP contribution in [0.4, 0.5) is 0 Å². The third-order valence-corrected chi connectivity index (χ3v) is 13.4. The zero-order chi connectivity index (χ0) is 24.6. The molecule has 1 fully saturated rings. The number of hydrogen-bond donors (Lipinski definition) is 1. The van der Waals surface area contributed by atoms with E-state index in [0.717, 1.165) is 22.9 Å². The number of benzene rings is 4. The number of hydrogen-bond acceptors (Lipinski definition) is 1. The maximum absolute atomic E-state index is 4.05. The maximum Gasteiger partial charge on any atom is 0.0354 e. The summed E-state index contributed by atoms with van der Waals surface area (Å²) in [6, 6.07) is 45.5. The highest BCUT2D eigenvalue weighted by atomic mass is 31.1. The molecule has 182 valence electrons. The summed E-state index contributed by atoms with van der Waals surface area (Å²) in [5.41, 5.74) is 0. The second kappa shape index (κ2) is 10.3. The monoisotopic (exact) mass is 533 g/mol. The molecule has 0 saturated carbocycles. The molecule has 0 spiro atoms. The Hall–Kier alpha value is -2.65. The van der Waals surface area contributed by atoms with Crippen LogP contribution in [0.15, 0.2) is 121 Å². The molecule has 1 nitrogen and oxygen atoms in total. The molecule has 4 atom stereocenters. The number of nitrogens with one attached hydrogen (secondary N) is 1. The minimum atomic E-state index is -0.466. The van der Waals surface area contributed by atoms with Crippen molar-refractivity contribution < 1.29 is 0 Å². The normalized spacial score (nSPS) is 19.1. The van der Waals surface area contributed by atoms with Crippen molar-refractivity contribution >= 4 is 55.9 Å². The van der Waals surface area contributed by atoms with Gasteiger partial charge >= 0.3 is 0 Å². The average Bonchev–Trinajstić information content (AvgIpc) is 3.69.